The molecule has 4 rings (SSSR count). The number of fused-ring (bicyclic) bond motifs is 1. The molecule has 0 aliphatic carbocycles. The van der Waals surface area contributed by atoms with Gasteiger partial charge in [-0.05, 0) is 37.8 Å². The summed E-state index contributed by atoms with van der Waals surface area (Å²) in [7, 11) is 0. The Bertz CT molecular complexity index is 972. The lowest BCUT2D eigenvalue weighted by Crippen LogP contribution is -2.42. The zero-order valence-corrected chi connectivity index (χ0v) is 16.6. The van der Waals surface area contributed by atoms with Crippen LogP contribution in [0.2, 0.25) is 0 Å². The van der Waals surface area contributed by atoms with Crippen LogP contribution in [0.3, 0.4) is 0 Å². The number of nitrogens with one attached hydrogen (secondary N) is 1. The van der Waals surface area contributed by atoms with Gasteiger partial charge in [0.25, 0.3) is 11.5 Å². The van der Waals surface area contributed by atoms with E-state index in [4.69, 9.17) is 4.98 Å². The number of amides is 2. The van der Waals surface area contributed by atoms with Crippen LogP contribution in [0, 0.1) is 0 Å². The van der Waals surface area contributed by atoms with E-state index < -0.39 is 0 Å². The molecule has 0 saturated carbocycles. The maximum Gasteiger partial charge on any atom is 0.254 e. The molecule has 0 radical (unpaired) electrons. The molecule has 1 N–H and O–H groups in total. The summed E-state index contributed by atoms with van der Waals surface area (Å²) in [5.74, 6) is 0.514. The van der Waals surface area contributed by atoms with Crippen molar-refractivity contribution in [2.45, 2.75) is 51.6 Å². The molecule has 1 saturated heterocycles. The minimum atomic E-state index is -0.208. The summed E-state index contributed by atoms with van der Waals surface area (Å²) in [6.45, 7) is 3.30. The number of nitrogens with zero attached hydrogens (tertiary/aromatic N) is 4. The van der Waals surface area contributed by atoms with Gasteiger partial charge in [0.1, 0.15) is 5.82 Å². The standard InChI is InChI=1S/C21H25N5O3/c1-2-18(27)26-11-4-3-5-17(26)19-23-16-13-25(12-8-15(16)20(28)24-19)21(29)14-6-9-22-10-7-14/h6-7,9-10,17H,2-5,8,11-13H2,1H3,(H,23,24,28). The highest BCUT2D eigenvalue weighted by Gasteiger charge is 2.31. The van der Waals surface area contributed by atoms with E-state index in [-0.39, 0.29) is 23.4 Å². The van der Waals surface area contributed by atoms with E-state index in [9.17, 15) is 14.4 Å². The Kier molecular flexibility index (Phi) is 5.42. The van der Waals surface area contributed by atoms with Gasteiger partial charge in [0, 0.05) is 43.0 Å². The van der Waals surface area contributed by atoms with Crippen molar-refractivity contribution in [1.82, 2.24) is 24.8 Å². The van der Waals surface area contributed by atoms with Crippen molar-refractivity contribution in [3.8, 4) is 0 Å². The SMILES string of the molecule is CCC(=O)N1CCCCC1c1nc2c(c(=O)[nH]1)CCN(C(=O)c1ccncc1)C2. The molecule has 8 nitrogen and oxygen atoms in total. The van der Waals surface area contributed by atoms with Crippen molar-refractivity contribution in [3.05, 3.63) is 57.5 Å². The molecule has 2 amide bonds. The highest BCUT2D eigenvalue weighted by molar-refractivity contribution is 5.94. The van der Waals surface area contributed by atoms with E-state index in [1.807, 2.05) is 11.8 Å². The Labute approximate surface area is 169 Å². The predicted molar refractivity (Wildman–Crippen MR) is 106 cm³/mol. The van der Waals surface area contributed by atoms with Crippen LogP contribution < -0.4 is 5.56 Å². The molecule has 0 bridgehead atoms. The average molecular weight is 395 g/mol. The Balaban J connectivity index is 1.63. The van der Waals surface area contributed by atoms with Crippen molar-refractivity contribution in [2.24, 2.45) is 0 Å². The van der Waals surface area contributed by atoms with Gasteiger partial charge in [-0.2, -0.15) is 0 Å². The first kappa shape index (κ1) is 19.3. The number of carbonyl (C=O) groups is 2. The molecule has 2 aliphatic heterocycles. The Morgan fingerprint density at radius 2 is 2.00 bits per heavy atom. The fraction of sp³-hybridized carbons (Fsp3) is 0.476. The Morgan fingerprint density at radius 1 is 1.21 bits per heavy atom. The van der Waals surface area contributed by atoms with Crippen LogP contribution >= 0.6 is 0 Å². The molecule has 0 spiro atoms. The van der Waals surface area contributed by atoms with Crippen molar-refractivity contribution in [2.75, 3.05) is 13.1 Å². The number of likely N-dealkylation sites (tertiary alicyclic amines) is 1. The number of aromatic nitrogens is 3. The number of pyridine rings is 1. The van der Waals surface area contributed by atoms with E-state index >= 15 is 0 Å². The molecular weight excluding hydrogens is 370 g/mol. The molecule has 2 aliphatic rings. The summed E-state index contributed by atoms with van der Waals surface area (Å²) in [4.78, 5) is 53.0. The predicted octanol–water partition coefficient (Wildman–Crippen LogP) is 1.83. The molecule has 0 aromatic carbocycles. The second-order valence-corrected chi connectivity index (χ2v) is 7.54. The number of carbonyl (C=O) groups excluding carboxylic acids is 2. The summed E-state index contributed by atoms with van der Waals surface area (Å²) >= 11 is 0. The van der Waals surface area contributed by atoms with Crippen LogP contribution in [-0.2, 0) is 17.8 Å². The molecule has 152 valence electrons. The van der Waals surface area contributed by atoms with Gasteiger partial charge in [-0.3, -0.25) is 19.4 Å². The smallest absolute Gasteiger partial charge is 0.254 e. The van der Waals surface area contributed by atoms with E-state index in [1.165, 1.54) is 0 Å². The Hall–Kier alpha value is -3.03. The summed E-state index contributed by atoms with van der Waals surface area (Å²) in [5.41, 5.74) is 1.68. The zero-order valence-electron chi connectivity index (χ0n) is 16.6. The average Bonchev–Trinajstić information content (AvgIpc) is 2.78. The molecule has 1 atom stereocenters. The molecule has 2 aromatic rings. The van der Waals surface area contributed by atoms with E-state index in [2.05, 4.69) is 9.97 Å². The molecular formula is C21H25N5O3. The molecule has 2 aromatic heterocycles. The minimum Gasteiger partial charge on any atom is -0.333 e. The monoisotopic (exact) mass is 395 g/mol. The molecule has 1 unspecified atom stereocenters. The van der Waals surface area contributed by atoms with Crippen LogP contribution in [-0.4, -0.2) is 49.7 Å². The van der Waals surface area contributed by atoms with Crippen molar-refractivity contribution >= 4 is 11.8 Å². The highest BCUT2D eigenvalue weighted by atomic mass is 16.2. The topological polar surface area (TPSA) is 99.3 Å². The first-order valence-corrected chi connectivity index (χ1v) is 10.2. The lowest BCUT2D eigenvalue weighted by molar-refractivity contribution is -0.134. The quantitative estimate of drug-likeness (QED) is 0.855. The number of piperidine rings is 1. The number of rotatable bonds is 3. The second kappa shape index (κ2) is 8.14. The fourth-order valence-electron chi connectivity index (χ4n) is 4.18. The summed E-state index contributed by atoms with van der Waals surface area (Å²) in [6.07, 6.45) is 6.82. The lowest BCUT2D eigenvalue weighted by Gasteiger charge is -2.35. The van der Waals surface area contributed by atoms with Crippen LogP contribution in [0.5, 0.6) is 0 Å². The lowest BCUT2D eigenvalue weighted by atomic mass is 9.99. The number of hydrogen-bond acceptors (Lipinski definition) is 5. The van der Waals surface area contributed by atoms with E-state index in [0.29, 0.717) is 55.1 Å². The van der Waals surface area contributed by atoms with Gasteiger partial charge in [0.05, 0.1) is 18.3 Å². The minimum absolute atomic E-state index is 0.0737. The largest absolute Gasteiger partial charge is 0.333 e. The van der Waals surface area contributed by atoms with Crippen LogP contribution in [0.1, 0.15) is 66.1 Å². The van der Waals surface area contributed by atoms with Crippen molar-refractivity contribution in [1.29, 1.82) is 0 Å². The third-order valence-electron chi connectivity index (χ3n) is 5.75. The number of hydrogen-bond donors (Lipinski definition) is 1. The van der Waals surface area contributed by atoms with Gasteiger partial charge in [0.15, 0.2) is 0 Å². The van der Waals surface area contributed by atoms with Gasteiger partial charge in [-0.1, -0.05) is 6.92 Å². The summed E-state index contributed by atoms with van der Waals surface area (Å²) in [6, 6.07) is 3.16. The molecule has 29 heavy (non-hydrogen) atoms. The first-order chi connectivity index (χ1) is 14.1. The highest BCUT2D eigenvalue weighted by Crippen LogP contribution is 2.30. The summed E-state index contributed by atoms with van der Waals surface area (Å²) in [5, 5.41) is 0. The third kappa shape index (κ3) is 3.79. The number of aromatic amines is 1. The van der Waals surface area contributed by atoms with Gasteiger partial charge < -0.3 is 14.8 Å². The normalized spacial score (nSPS) is 19.0. The van der Waals surface area contributed by atoms with Gasteiger partial charge >= 0.3 is 0 Å². The number of H-pyrrole nitrogens is 1. The maximum atomic E-state index is 12.8. The van der Waals surface area contributed by atoms with Gasteiger partial charge in [0.2, 0.25) is 5.91 Å². The zero-order chi connectivity index (χ0) is 20.4. The van der Waals surface area contributed by atoms with Crippen LogP contribution in [0.15, 0.2) is 29.3 Å². The molecule has 1 fully saturated rings. The Morgan fingerprint density at radius 3 is 2.76 bits per heavy atom. The fourth-order valence-corrected chi connectivity index (χ4v) is 4.18. The van der Waals surface area contributed by atoms with Gasteiger partial charge in [-0.25, -0.2) is 4.98 Å². The first-order valence-electron chi connectivity index (χ1n) is 10.2. The van der Waals surface area contributed by atoms with Crippen molar-refractivity contribution in [3.63, 3.8) is 0 Å². The van der Waals surface area contributed by atoms with Gasteiger partial charge in [-0.15, -0.1) is 0 Å². The summed E-state index contributed by atoms with van der Waals surface area (Å²) < 4.78 is 0. The maximum absolute atomic E-state index is 12.8. The third-order valence-corrected chi connectivity index (χ3v) is 5.75. The second-order valence-electron chi connectivity index (χ2n) is 7.54. The van der Waals surface area contributed by atoms with E-state index in [0.717, 1.165) is 19.3 Å². The molecule has 8 heteroatoms. The van der Waals surface area contributed by atoms with E-state index in [1.54, 1.807) is 29.4 Å². The molecule has 4 heterocycles. The van der Waals surface area contributed by atoms with Crippen molar-refractivity contribution < 1.29 is 9.59 Å². The van der Waals surface area contributed by atoms with Crippen LogP contribution in [0.4, 0.5) is 0 Å². The van der Waals surface area contributed by atoms with Crippen LogP contribution in [0.25, 0.3) is 0 Å².